The third-order valence-electron chi connectivity index (χ3n) is 3.27. The smallest absolute Gasteiger partial charge is 0.119 e. The van der Waals surface area contributed by atoms with Gasteiger partial charge in [-0.15, -0.1) is 0 Å². The Labute approximate surface area is 125 Å². The highest BCUT2D eigenvalue weighted by Crippen LogP contribution is 2.29. The summed E-state index contributed by atoms with van der Waals surface area (Å²) in [6.07, 6.45) is 0.306. The Balaban J connectivity index is 2.20. The summed E-state index contributed by atoms with van der Waals surface area (Å²) < 4.78 is 5.54. The first kappa shape index (κ1) is 14.9. The zero-order valence-corrected chi connectivity index (χ0v) is 12.5. The lowest BCUT2D eigenvalue weighted by atomic mass is 9.97. The Bertz CT molecular complexity index is 564. The normalized spacial score (nSPS) is 12.2. The van der Waals surface area contributed by atoms with Crippen molar-refractivity contribution in [3.8, 4) is 5.75 Å². The zero-order chi connectivity index (χ0) is 14.5. The second-order valence-corrected chi connectivity index (χ2v) is 5.18. The fourth-order valence-corrected chi connectivity index (χ4v) is 2.25. The van der Waals surface area contributed by atoms with Crippen molar-refractivity contribution in [2.24, 2.45) is 0 Å². The highest BCUT2D eigenvalue weighted by molar-refractivity contribution is 6.31. The van der Waals surface area contributed by atoms with Crippen molar-refractivity contribution < 1.29 is 9.84 Å². The third-order valence-corrected chi connectivity index (χ3v) is 3.68. The highest BCUT2D eigenvalue weighted by Gasteiger charge is 2.14. The molecule has 2 rings (SSSR count). The van der Waals surface area contributed by atoms with Crippen LogP contribution in [0.15, 0.2) is 42.5 Å². The largest absolute Gasteiger partial charge is 0.494 e. The molecule has 2 nitrogen and oxygen atoms in total. The quantitative estimate of drug-likeness (QED) is 0.877. The SMILES string of the molecule is CCCOc1ccc(C(O)c2cccc(Cl)c2C)cc1. The molecule has 0 aromatic heterocycles. The van der Waals surface area contributed by atoms with Crippen molar-refractivity contribution in [2.45, 2.75) is 26.4 Å². The lowest BCUT2D eigenvalue weighted by Gasteiger charge is -2.15. The van der Waals surface area contributed by atoms with Crippen LogP contribution in [0, 0.1) is 6.92 Å². The van der Waals surface area contributed by atoms with Gasteiger partial charge in [-0.25, -0.2) is 0 Å². The minimum Gasteiger partial charge on any atom is -0.494 e. The first-order valence-corrected chi connectivity index (χ1v) is 7.17. The molecule has 2 aromatic carbocycles. The van der Waals surface area contributed by atoms with E-state index >= 15 is 0 Å². The molecule has 0 saturated carbocycles. The van der Waals surface area contributed by atoms with Gasteiger partial charge >= 0.3 is 0 Å². The predicted molar refractivity (Wildman–Crippen MR) is 82.5 cm³/mol. The van der Waals surface area contributed by atoms with E-state index in [1.54, 1.807) is 0 Å². The number of hydrogen-bond donors (Lipinski definition) is 1. The van der Waals surface area contributed by atoms with Gasteiger partial charge in [0.1, 0.15) is 11.9 Å². The first-order valence-electron chi connectivity index (χ1n) is 6.79. The van der Waals surface area contributed by atoms with Crippen LogP contribution >= 0.6 is 11.6 Å². The van der Waals surface area contributed by atoms with Gasteiger partial charge in [-0.05, 0) is 48.2 Å². The van der Waals surface area contributed by atoms with E-state index in [0.29, 0.717) is 11.6 Å². The summed E-state index contributed by atoms with van der Waals surface area (Å²) in [6, 6.07) is 13.1. The van der Waals surface area contributed by atoms with Crippen LogP contribution in [0.3, 0.4) is 0 Å². The molecule has 0 bridgehead atoms. The molecule has 0 amide bonds. The number of benzene rings is 2. The van der Waals surface area contributed by atoms with E-state index in [-0.39, 0.29) is 0 Å². The molecule has 0 aliphatic carbocycles. The average molecular weight is 291 g/mol. The molecule has 1 atom stereocenters. The number of hydrogen-bond acceptors (Lipinski definition) is 2. The Morgan fingerprint density at radius 3 is 2.50 bits per heavy atom. The van der Waals surface area contributed by atoms with Crippen molar-refractivity contribution >= 4 is 11.6 Å². The lowest BCUT2D eigenvalue weighted by Crippen LogP contribution is -2.02. The van der Waals surface area contributed by atoms with Crippen molar-refractivity contribution in [1.29, 1.82) is 0 Å². The standard InChI is InChI=1S/C17H19ClO2/c1-3-11-20-14-9-7-13(8-10-14)17(19)15-5-4-6-16(18)12(15)2/h4-10,17,19H,3,11H2,1-2H3. The first-order chi connectivity index (χ1) is 9.63. The molecule has 0 radical (unpaired) electrons. The molecule has 20 heavy (non-hydrogen) atoms. The van der Waals surface area contributed by atoms with E-state index < -0.39 is 6.10 Å². The minimum absolute atomic E-state index is 0.671. The summed E-state index contributed by atoms with van der Waals surface area (Å²) in [5, 5.41) is 11.1. The Hall–Kier alpha value is -1.51. The van der Waals surface area contributed by atoms with Crippen LogP contribution in [0.2, 0.25) is 5.02 Å². The molecular weight excluding hydrogens is 272 g/mol. The molecule has 2 aromatic rings. The van der Waals surface area contributed by atoms with Crippen LogP contribution in [0.25, 0.3) is 0 Å². The second kappa shape index (κ2) is 6.78. The van der Waals surface area contributed by atoms with Crippen LogP contribution in [-0.4, -0.2) is 11.7 Å². The second-order valence-electron chi connectivity index (χ2n) is 4.77. The van der Waals surface area contributed by atoms with E-state index in [1.807, 2.05) is 49.4 Å². The minimum atomic E-state index is -0.672. The molecule has 0 aliphatic rings. The molecular formula is C17H19ClO2. The van der Waals surface area contributed by atoms with Gasteiger partial charge < -0.3 is 9.84 Å². The summed E-state index contributed by atoms with van der Waals surface area (Å²) in [4.78, 5) is 0. The van der Waals surface area contributed by atoms with Gasteiger partial charge in [-0.2, -0.15) is 0 Å². The molecule has 0 saturated heterocycles. The van der Waals surface area contributed by atoms with Gasteiger partial charge in [0, 0.05) is 5.02 Å². The van der Waals surface area contributed by atoms with E-state index in [1.165, 1.54) is 0 Å². The maximum atomic E-state index is 10.5. The fourth-order valence-electron chi connectivity index (χ4n) is 2.07. The van der Waals surface area contributed by atoms with Gasteiger partial charge in [-0.3, -0.25) is 0 Å². The number of aliphatic hydroxyl groups is 1. The summed E-state index contributed by atoms with van der Waals surface area (Å²) in [5.74, 6) is 0.825. The molecule has 0 heterocycles. The van der Waals surface area contributed by atoms with Crippen molar-refractivity contribution in [3.63, 3.8) is 0 Å². The summed E-state index contributed by atoms with van der Waals surface area (Å²) in [6.45, 7) is 4.69. The molecule has 1 unspecified atom stereocenters. The van der Waals surface area contributed by atoms with E-state index in [4.69, 9.17) is 16.3 Å². The van der Waals surface area contributed by atoms with Gasteiger partial charge in [0.25, 0.3) is 0 Å². The van der Waals surface area contributed by atoms with Gasteiger partial charge in [0.05, 0.1) is 6.61 Å². The Morgan fingerprint density at radius 2 is 1.85 bits per heavy atom. The molecule has 106 valence electrons. The summed E-state index contributed by atoms with van der Waals surface area (Å²) >= 11 is 6.10. The van der Waals surface area contributed by atoms with Crippen LogP contribution in [0.1, 0.15) is 36.1 Å². The fraction of sp³-hybridized carbons (Fsp3) is 0.294. The third kappa shape index (κ3) is 3.33. The molecule has 0 aliphatic heterocycles. The van der Waals surface area contributed by atoms with Gasteiger partial charge in [0.2, 0.25) is 0 Å². The van der Waals surface area contributed by atoms with Crippen molar-refractivity contribution in [2.75, 3.05) is 6.61 Å². The van der Waals surface area contributed by atoms with E-state index in [9.17, 15) is 5.11 Å². The number of ether oxygens (including phenoxy) is 1. The molecule has 1 N–H and O–H groups in total. The predicted octanol–water partition coefficient (Wildman–Crippen LogP) is 4.52. The van der Waals surface area contributed by atoms with Crippen LogP contribution in [0.4, 0.5) is 0 Å². The lowest BCUT2D eigenvalue weighted by molar-refractivity contribution is 0.219. The number of rotatable bonds is 5. The van der Waals surface area contributed by atoms with Crippen LogP contribution < -0.4 is 4.74 Å². The monoisotopic (exact) mass is 290 g/mol. The maximum Gasteiger partial charge on any atom is 0.119 e. The van der Waals surface area contributed by atoms with Crippen molar-refractivity contribution in [1.82, 2.24) is 0 Å². The number of aliphatic hydroxyl groups excluding tert-OH is 1. The van der Waals surface area contributed by atoms with E-state index in [0.717, 1.165) is 28.9 Å². The Morgan fingerprint density at radius 1 is 1.15 bits per heavy atom. The molecule has 0 spiro atoms. The number of halogens is 1. The van der Waals surface area contributed by atoms with Gasteiger partial charge in [0.15, 0.2) is 0 Å². The van der Waals surface area contributed by atoms with E-state index in [2.05, 4.69) is 6.92 Å². The van der Waals surface area contributed by atoms with Gasteiger partial charge in [-0.1, -0.05) is 42.8 Å². The molecule has 3 heteroatoms. The highest BCUT2D eigenvalue weighted by atomic mass is 35.5. The van der Waals surface area contributed by atoms with Crippen LogP contribution in [-0.2, 0) is 0 Å². The molecule has 0 fully saturated rings. The van der Waals surface area contributed by atoms with Crippen LogP contribution in [0.5, 0.6) is 5.75 Å². The summed E-state index contributed by atoms with van der Waals surface area (Å²) in [5.41, 5.74) is 2.58. The Kier molecular flexibility index (Phi) is 5.05. The maximum absolute atomic E-state index is 10.5. The zero-order valence-electron chi connectivity index (χ0n) is 11.8. The van der Waals surface area contributed by atoms with Crippen molar-refractivity contribution in [3.05, 3.63) is 64.2 Å². The topological polar surface area (TPSA) is 29.5 Å². The summed E-state index contributed by atoms with van der Waals surface area (Å²) in [7, 11) is 0. The average Bonchev–Trinajstić information content (AvgIpc) is 2.48.